The molecule has 2 aliphatic rings. The molecule has 1 aromatic carbocycles. The molecule has 0 amide bonds. The second kappa shape index (κ2) is 5.46. The van der Waals surface area contributed by atoms with E-state index in [0.717, 1.165) is 17.0 Å². The van der Waals surface area contributed by atoms with E-state index in [1.165, 1.54) is 50.6 Å². The Morgan fingerprint density at radius 3 is 2.42 bits per heavy atom. The van der Waals surface area contributed by atoms with Gasteiger partial charge in [-0.25, -0.2) is 0 Å². The van der Waals surface area contributed by atoms with Gasteiger partial charge in [0.1, 0.15) is 0 Å². The van der Waals surface area contributed by atoms with Crippen molar-refractivity contribution < 1.29 is 0 Å². The van der Waals surface area contributed by atoms with Gasteiger partial charge >= 0.3 is 0 Å². The van der Waals surface area contributed by atoms with Crippen LogP contribution in [0.5, 0.6) is 0 Å². The molecule has 0 radical (unpaired) electrons. The fourth-order valence-electron chi connectivity index (χ4n) is 3.59. The molecule has 19 heavy (non-hydrogen) atoms. The highest BCUT2D eigenvalue weighted by molar-refractivity contribution is 6.30. The van der Waals surface area contributed by atoms with Crippen LogP contribution in [0.15, 0.2) is 24.3 Å². The summed E-state index contributed by atoms with van der Waals surface area (Å²) in [4.78, 5) is 0. The third-order valence-corrected chi connectivity index (χ3v) is 5.36. The minimum absolute atomic E-state index is 0.575. The van der Waals surface area contributed by atoms with Gasteiger partial charge in [0.05, 0.1) is 0 Å². The first kappa shape index (κ1) is 13.5. The van der Waals surface area contributed by atoms with Gasteiger partial charge in [0.25, 0.3) is 0 Å². The predicted octanol–water partition coefficient (Wildman–Crippen LogP) is 4.76. The Labute approximate surface area is 121 Å². The first-order valence-electron chi connectivity index (χ1n) is 7.63. The van der Waals surface area contributed by atoms with E-state index in [1.54, 1.807) is 0 Å². The van der Waals surface area contributed by atoms with E-state index in [-0.39, 0.29) is 0 Å². The second-order valence-electron chi connectivity index (χ2n) is 6.82. The molecule has 2 aliphatic carbocycles. The molecule has 1 N–H and O–H groups in total. The van der Waals surface area contributed by atoms with Crippen molar-refractivity contribution in [1.82, 2.24) is 5.32 Å². The molecular formula is C17H24ClN. The van der Waals surface area contributed by atoms with E-state index in [1.807, 2.05) is 12.1 Å². The summed E-state index contributed by atoms with van der Waals surface area (Å²) in [5.41, 5.74) is 2.03. The van der Waals surface area contributed by atoms with Gasteiger partial charge in [-0.1, -0.05) is 43.5 Å². The van der Waals surface area contributed by atoms with Crippen molar-refractivity contribution in [2.45, 2.75) is 57.4 Å². The number of hydrogen-bond acceptors (Lipinski definition) is 1. The van der Waals surface area contributed by atoms with Crippen LogP contribution >= 0.6 is 11.6 Å². The first-order chi connectivity index (χ1) is 9.15. The van der Waals surface area contributed by atoms with Crippen molar-refractivity contribution in [3.63, 3.8) is 0 Å². The lowest BCUT2D eigenvalue weighted by molar-refractivity contribution is 0.234. The number of rotatable bonds is 4. The van der Waals surface area contributed by atoms with Gasteiger partial charge in [-0.3, -0.25) is 0 Å². The molecule has 0 saturated heterocycles. The summed E-state index contributed by atoms with van der Waals surface area (Å²) in [7, 11) is 0. The van der Waals surface area contributed by atoms with Crippen LogP contribution in [0.1, 0.15) is 56.9 Å². The van der Waals surface area contributed by atoms with Gasteiger partial charge in [-0.15, -0.1) is 0 Å². The van der Waals surface area contributed by atoms with Crippen molar-refractivity contribution >= 4 is 11.6 Å². The number of nitrogens with one attached hydrogen (secondary N) is 1. The van der Waals surface area contributed by atoms with Crippen LogP contribution in [-0.4, -0.2) is 12.6 Å². The normalized spacial score (nSPS) is 29.2. The van der Waals surface area contributed by atoms with Crippen LogP contribution in [0.25, 0.3) is 0 Å². The maximum atomic E-state index is 5.93. The van der Waals surface area contributed by atoms with Crippen LogP contribution in [0, 0.1) is 5.41 Å². The van der Waals surface area contributed by atoms with Gasteiger partial charge in [-0.05, 0) is 54.7 Å². The first-order valence-corrected chi connectivity index (χ1v) is 8.01. The SMILES string of the molecule is CC1(CNC2CC(c3ccc(Cl)cc3)C2)CCCC1. The maximum absolute atomic E-state index is 5.93. The summed E-state index contributed by atoms with van der Waals surface area (Å²) in [5, 5.41) is 4.63. The van der Waals surface area contributed by atoms with Crippen LogP contribution in [0.2, 0.25) is 5.02 Å². The monoisotopic (exact) mass is 277 g/mol. The van der Waals surface area contributed by atoms with Gasteiger partial charge < -0.3 is 5.32 Å². The maximum Gasteiger partial charge on any atom is 0.0406 e. The zero-order valence-electron chi connectivity index (χ0n) is 11.8. The minimum Gasteiger partial charge on any atom is -0.313 e. The molecule has 104 valence electrons. The lowest BCUT2D eigenvalue weighted by atomic mass is 9.75. The smallest absolute Gasteiger partial charge is 0.0406 e. The van der Waals surface area contributed by atoms with Gasteiger partial charge in [-0.2, -0.15) is 0 Å². The molecule has 0 aliphatic heterocycles. The van der Waals surface area contributed by atoms with E-state index in [2.05, 4.69) is 24.4 Å². The molecule has 1 nitrogen and oxygen atoms in total. The molecule has 0 atom stereocenters. The summed E-state index contributed by atoms with van der Waals surface area (Å²) in [6.45, 7) is 3.66. The Bertz CT molecular complexity index is 413. The Balaban J connectivity index is 1.44. The number of halogens is 1. The average molecular weight is 278 g/mol. The zero-order chi connectivity index (χ0) is 13.3. The summed E-state index contributed by atoms with van der Waals surface area (Å²) in [6, 6.07) is 9.12. The molecule has 0 aromatic heterocycles. The third-order valence-electron chi connectivity index (χ3n) is 5.11. The van der Waals surface area contributed by atoms with Crippen molar-refractivity contribution in [3.8, 4) is 0 Å². The van der Waals surface area contributed by atoms with Crippen LogP contribution in [-0.2, 0) is 0 Å². The van der Waals surface area contributed by atoms with Crippen LogP contribution in [0.3, 0.4) is 0 Å². The Hall–Kier alpha value is -0.530. The Morgan fingerprint density at radius 1 is 1.16 bits per heavy atom. The highest BCUT2D eigenvalue weighted by Gasteiger charge is 2.33. The summed E-state index contributed by atoms with van der Waals surface area (Å²) >= 11 is 5.93. The lowest BCUT2D eigenvalue weighted by Crippen LogP contribution is -2.44. The van der Waals surface area contributed by atoms with Crippen LogP contribution < -0.4 is 5.32 Å². The molecule has 3 rings (SSSR count). The molecule has 2 fully saturated rings. The summed E-state index contributed by atoms with van der Waals surface area (Å²) in [6.07, 6.45) is 8.25. The van der Waals surface area contributed by atoms with Crippen molar-refractivity contribution in [1.29, 1.82) is 0 Å². The summed E-state index contributed by atoms with van der Waals surface area (Å²) < 4.78 is 0. The van der Waals surface area contributed by atoms with Crippen molar-refractivity contribution in [2.24, 2.45) is 5.41 Å². The predicted molar refractivity (Wildman–Crippen MR) is 81.8 cm³/mol. The van der Waals surface area contributed by atoms with E-state index >= 15 is 0 Å². The molecular weight excluding hydrogens is 254 g/mol. The van der Waals surface area contributed by atoms with Gasteiger partial charge in [0.2, 0.25) is 0 Å². The molecule has 0 bridgehead atoms. The van der Waals surface area contributed by atoms with E-state index in [4.69, 9.17) is 11.6 Å². The quantitative estimate of drug-likeness (QED) is 0.837. The van der Waals surface area contributed by atoms with Gasteiger partial charge in [0.15, 0.2) is 0 Å². The van der Waals surface area contributed by atoms with E-state index < -0.39 is 0 Å². The van der Waals surface area contributed by atoms with Crippen LogP contribution in [0.4, 0.5) is 0 Å². The zero-order valence-corrected chi connectivity index (χ0v) is 12.5. The van der Waals surface area contributed by atoms with Gasteiger partial charge in [0, 0.05) is 17.6 Å². The standard InChI is InChI=1S/C17H24ClN/c1-17(8-2-3-9-17)12-19-16-10-14(11-16)13-4-6-15(18)7-5-13/h4-7,14,16,19H,2-3,8-12H2,1H3. The molecule has 0 spiro atoms. The number of benzene rings is 1. The van der Waals surface area contributed by atoms with Crippen molar-refractivity contribution in [2.75, 3.05) is 6.54 Å². The third kappa shape index (κ3) is 3.14. The average Bonchev–Trinajstić information content (AvgIpc) is 2.77. The molecule has 0 unspecified atom stereocenters. The fraction of sp³-hybridized carbons (Fsp3) is 0.647. The van der Waals surface area contributed by atoms with E-state index in [9.17, 15) is 0 Å². The highest BCUT2D eigenvalue weighted by Crippen LogP contribution is 2.40. The fourth-order valence-corrected chi connectivity index (χ4v) is 3.71. The molecule has 1 aromatic rings. The highest BCUT2D eigenvalue weighted by atomic mass is 35.5. The summed E-state index contributed by atoms with van der Waals surface area (Å²) in [5.74, 6) is 0.742. The minimum atomic E-state index is 0.575. The lowest BCUT2D eigenvalue weighted by Gasteiger charge is -2.38. The Morgan fingerprint density at radius 2 is 1.79 bits per heavy atom. The molecule has 2 heteroatoms. The Kier molecular flexibility index (Phi) is 3.86. The topological polar surface area (TPSA) is 12.0 Å². The van der Waals surface area contributed by atoms with Crippen molar-refractivity contribution in [3.05, 3.63) is 34.9 Å². The second-order valence-corrected chi connectivity index (χ2v) is 7.25. The molecule has 2 saturated carbocycles. The number of hydrogen-bond donors (Lipinski definition) is 1. The molecule has 0 heterocycles. The van der Waals surface area contributed by atoms with E-state index in [0.29, 0.717) is 5.41 Å². The largest absolute Gasteiger partial charge is 0.313 e.